The van der Waals surface area contributed by atoms with Gasteiger partial charge in [-0.15, -0.1) is 10.2 Å². The zero-order chi connectivity index (χ0) is 21.8. The zero-order valence-electron chi connectivity index (χ0n) is 16.9. The van der Waals surface area contributed by atoms with Crippen molar-refractivity contribution in [1.82, 2.24) is 4.57 Å². The number of nitrogens with zero attached hydrogens (tertiary/aromatic N) is 3. The van der Waals surface area contributed by atoms with Crippen molar-refractivity contribution in [2.24, 2.45) is 10.2 Å². The Kier molecular flexibility index (Phi) is 5.66. The molecule has 0 spiro atoms. The second-order valence-corrected chi connectivity index (χ2v) is 7.06. The second kappa shape index (κ2) is 8.71. The van der Waals surface area contributed by atoms with E-state index in [1.807, 2.05) is 55.5 Å². The molecule has 3 aromatic carbocycles. The summed E-state index contributed by atoms with van der Waals surface area (Å²) in [5.41, 5.74) is 2.38. The maximum Gasteiger partial charge on any atom is 0.295 e. The third-order valence-electron chi connectivity index (χ3n) is 4.85. The van der Waals surface area contributed by atoms with Gasteiger partial charge < -0.3 is 19.5 Å². The Bertz CT molecular complexity index is 1260. The first-order chi connectivity index (χ1) is 15.0. The van der Waals surface area contributed by atoms with Crippen molar-refractivity contribution in [3.05, 3.63) is 83.9 Å². The lowest BCUT2D eigenvalue weighted by Gasteiger charge is -2.09. The van der Waals surface area contributed by atoms with Crippen LogP contribution in [-0.4, -0.2) is 27.3 Å². The first-order valence-corrected chi connectivity index (χ1v) is 9.77. The van der Waals surface area contributed by atoms with E-state index in [0.29, 0.717) is 18.5 Å². The Hall–Kier alpha value is -4.13. The summed E-state index contributed by atoms with van der Waals surface area (Å²) in [7, 11) is 0. The fourth-order valence-electron chi connectivity index (χ4n) is 3.31. The molecule has 0 aliphatic carbocycles. The van der Waals surface area contributed by atoms with Crippen molar-refractivity contribution in [3.8, 4) is 17.4 Å². The van der Waals surface area contributed by atoms with Gasteiger partial charge in [-0.25, -0.2) is 0 Å². The van der Waals surface area contributed by atoms with Crippen molar-refractivity contribution in [2.75, 3.05) is 6.61 Å². The van der Waals surface area contributed by atoms with E-state index in [-0.39, 0.29) is 22.9 Å². The molecule has 0 atom stereocenters. The minimum Gasteiger partial charge on any atom is -0.508 e. The number of aromatic nitrogens is 1. The highest BCUT2D eigenvalue weighted by Gasteiger charge is 2.17. The highest BCUT2D eigenvalue weighted by molar-refractivity contribution is 5.97. The lowest BCUT2D eigenvalue weighted by molar-refractivity contribution is 0.0995. The molecule has 0 radical (unpaired) electrons. The van der Waals surface area contributed by atoms with Crippen LogP contribution in [0.1, 0.15) is 15.9 Å². The number of hydrogen-bond acceptors (Lipinski definition) is 5. The predicted octanol–water partition coefficient (Wildman–Crippen LogP) is 5.36. The number of aryl methyl sites for hydroxylation is 1. The molecular formula is C24H21N3O4. The standard InChI is InChI=1S/C24H21N3O4/c1-16-5-4-6-19(15-16)31-14-13-27-21-8-3-2-7-20(21)22(24(27)30)25-26-23(29)17-9-11-18(28)12-10-17/h2-12,15,28,30H,13-14H2,1H3. The molecule has 7 nitrogen and oxygen atoms in total. The molecule has 0 aliphatic heterocycles. The van der Waals surface area contributed by atoms with Crippen molar-refractivity contribution in [3.63, 3.8) is 0 Å². The molecule has 0 unspecified atom stereocenters. The van der Waals surface area contributed by atoms with Gasteiger partial charge in [0.05, 0.1) is 12.1 Å². The largest absolute Gasteiger partial charge is 0.508 e. The molecule has 1 heterocycles. The van der Waals surface area contributed by atoms with Gasteiger partial charge in [-0.05, 0) is 55.0 Å². The highest BCUT2D eigenvalue weighted by Crippen LogP contribution is 2.38. The molecule has 31 heavy (non-hydrogen) atoms. The molecule has 7 heteroatoms. The first-order valence-electron chi connectivity index (χ1n) is 9.77. The molecule has 1 aromatic heterocycles. The predicted molar refractivity (Wildman–Crippen MR) is 117 cm³/mol. The third-order valence-corrected chi connectivity index (χ3v) is 4.85. The number of ether oxygens (including phenoxy) is 1. The van der Waals surface area contributed by atoms with Crippen LogP contribution in [-0.2, 0) is 6.54 Å². The molecule has 0 aliphatic rings. The lowest BCUT2D eigenvalue weighted by atomic mass is 10.2. The van der Waals surface area contributed by atoms with E-state index in [2.05, 4.69) is 10.2 Å². The average Bonchev–Trinajstić information content (AvgIpc) is 3.04. The van der Waals surface area contributed by atoms with E-state index < -0.39 is 5.91 Å². The van der Waals surface area contributed by atoms with Gasteiger partial charge in [0.2, 0.25) is 5.88 Å². The fourth-order valence-corrected chi connectivity index (χ4v) is 3.31. The number of hydrogen-bond donors (Lipinski definition) is 2. The Labute approximate surface area is 178 Å². The van der Waals surface area contributed by atoms with Crippen molar-refractivity contribution in [2.45, 2.75) is 13.5 Å². The summed E-state index contributed by atoms with van der Waals surface area (Å²) in [4.78, 5) is 12.3. The topological polar surface area (TPSA) is 96.4 Å². The third kappa shape index (κ3) is 4.40. The number of carbonyl (C=O) groups is 1. The Morgan fingerprint density at radius 2 is 1.77 bits per heavy atom. The Morgan fingerprint density at radius 3 is 2.55 bits per heavy atom. The SMILES string of the molecule is Cc1cccc(OCCn2c(O)c(N=NC(=O)c3ccc(O)cc3)c3ccccc32)c1. The molecule has 4 aromatic rings. The Morgan fingerprint density at radius 1 is 1.00 bits per heavy atom. The summed E-state index contributed by atoms with van der Waals surface area (Å²) in [5.74, 6) is 0.160. The van der Waals surface area contributed by atoms with E-state index in [1.54, 1.807) is 4.57 Å². The average molecular weight is 415 g/mol. The van der Waals surface area contributed by atoms with Crippen LogP contribution < -0.4 is 4.74 Å². The molecule has 0 saturated carbocycles. The van der Waals surface area contributed by atoms with Gasteiger partial charge in [0.15, 0.2) is 5.69 Å². The van der Waals surface area contributed by atoms with Crippen molar-refractivity contribution in [1.29, 1.82) is 0 Å². The normalized spacial score (nSPS) is 11.3. The monoisotopic (exact) mass is 415 g/mol. The number of fused-ring (bicyclic) bond motifs is 1. The van der Waals surface area contributed by atoms with Crippen LogP contribution in [0.5, 0.6) is 17.4 Å². The van der Waals surface area contributed by atoms with Gasteiger partial charge >= 0.3 is 0 Å². The van der Waals surface area contributed by atoms with Gasteiger partial charge in [0.1, 0.15) is 18.1 Å². The Balaban J connectivity index is 1.57. The van der Waals surface area contributed by atoms with Gasteiger partial charge in [0, 0.05) is 10.9 Å². The molecule has 0 saturated heterocycles. The molecule has 0 fully saturated rings. The van der Waals surface area contributed by atoms with Gasteiger partial charge in [-0.3, -0.25) is 4.79 Å². The van der Waals surface area contributed by atoms with E-state index in [4.69, 9.17) is 4.74 Å². The number of para-hydroxylation sites is 1. The zero-order valence-corrected chi connectivity index (χ0v) is 16.9. The highest BCUT2D eigenvalue weighted by atomic mass is 16.5. The van der Waals surface area contributed by atoms with E-state index >= 15 is 0 Å². The molecule has 156 valence electrons. The molecular weight excluding hydrogens is 394 g/mol. The fraction of sp³-hybridized carbons (Fsp3) is 0.125. The van der Waals surface area contributed by atoms with E-state index in [9.17, 15) is 15.0 Å². The van der Waals surface area contributed by atoms with Crippen LogP contribution >= 0.6 is 0 Å². The van der Waals surface area contributed by atoms with Crippen LogP contribution in [0.3, 0.4) is 0 Å². The van der Waals surface area contributed by atoms with Gasteiger partial charge in [-0.1, -0.05) is 30.3 Å². The maximum absolute atomic E-state index is 12.3. The van der Waals surface area contributed by atoms with Gasteiger partial charge in [0.25, 0.3) is 5.91 Å². The van der Waals surface area contributed by atoms with Crippen molar-refractivity contribution >= 4 is 22.5 Å². The molecule has 4 rings (SSSR count). The van der Waals surface area contributed by atoms with Crippen molar-refractivity contribution < 1.29 is 19.7 Å². The van der Waals surface area contributed by atoms with E-state index in [1.165, 1.54) is 24.3 Å². The number of aromatic hydroxyl groups is 2. The minimum absolute atomic E-state index is 0.0575. The summed E-state index contributed by atoms with van der Waals surface area (Å²) in [6, 6.07) is 20.8. The molecule has 2 N–H and O–H groups in total. The number of rotatable bonds is 6. The van der Waals surface area contributed by atoms with Crippen LogP contribution in [0.4, 0.5) is 5.69 Å². The summed E-state index contributed by atoms with van der Waals surface area (Å²) < 4.78 is 7.49. The van der Waals surface area contributed by atoms with Crippen LogP contribution in [0.15, 0.2) is 83.0 Å². The number of phenols is 1. The summed E-state index contributed by atoms with van der Waals surface area (Å²) in [6.45, 7) is 2.73. The maximum atomic E-state index is 12.3. The van der Waals surface area contributed by atoms with Crippen LogP contribution in [0.2, 0.25) is 0 Å². The number of amides is 1. The summed E-state index contributed by atoms with van der Waals surface area (Å²) >= 11 is 0. The van der Waals surface area contributed by atoms with Crippen LogP contribution in [0.25, 0.3) is 10.9 Å². The number of azo groups is 1. The summed E-state index contributed by atoms with van der Waals surface area (Å²) in [5, 5.41) is 28.6. The number of phenolic OH excluding ortho intramolecular Hbond substituents is 1. The van der Waals surface area contributed by atoms with E-state index in [0.717, 1.165) is 16.8 Å². The second-order valence-electron chi connectivity index (χ2n) is 7.06. The smallest absolute Gasteiger partial charge is 0.295 e. The quantitative estimate of drug-likeness (QED) is 0.414. The first kappa shape index (κ1) is 20.2. The van der Waals surface area contributed by atoms with Gasteiger partial charge in [-0.2, -0.15) is 0 Å². The minimum atomic E-state index is -0.570. The summed E-state index contributed by atoms with van der Waals surface area (Å²) in [6.07, 6.45) is 0. The number of carbonyl (C=O) groups excluding carboxylic acids is 1. The molecule has 0 bridgehead atoms. The lowest BCUT2D eigenvalue weighted by Crippen LogP contribution is -2.07. The van der Waals surface area contributed by atoms with Crippen LogP contribution in [0, 0.1) is 6.92 Å². The number of benzene rings is 3. The molecule has 1 amide bonds.